The number of nitrogens with two attached hydrogens (primary N) is 1. The Morgan fingerprint density at radius 3 is 2.53 bits per heavy atom. The van der Waals surface area contributed by atoms with Gasteiger partial charge in [0.25, 0.3) is 0 Å². The van der Waals surface area contributed by atoms with Crippen molar-refractivity contribution in [3.05, 3.63) is 29.3 Å². The molecule has 0 spiro atoms. The van der Waals surface area contributed by atoms with E-state index in [9.17, 15) is 13.2 Å². The lowest BCUT2D eigenvalue weighted by molar-refractivity contribution is -0.138. The van der Waals surface area contributed by atoms with Crippen LogP contribution >= 0.6 is 0 Å². The van der Waals surface area contributed by atoms with E-state index in [0.717, 1.165) is 6.07 Å². The number of benzene rings is 1. The van der Waals surface area contributed by atoms with Gasteiger partial charge in [-0.15, -0.1) is 0 Å². The molecular formula is C11H14F3NO2. The zero-order valence-corrected chi connectivity index (χ0v) is 9.29. The minimum Gasteiger partial charge on any atom is -0.496 e. The molecule has 0 radical (unpaired) electrons. The number of halogens is 3. The Morgan fingerprint density at radius 2 is 2.06 bits per heavy atom. The normalized spacial score (nSPS) is 13.5. The fraction of sp³-hybridized carbons (Fsp3) is 0.455. The summed E-state index contributed by atoms with van der Waals surface area (Å²) in [6, 6.07) is 2.98. The molecule has 3 nitrogen and oxygen atoms in total. The molecule has 0 heterocycles. The van der Waals surface area contributed by atoms with Gasteiger partial charge in [0.05, 0.1) is 12.7 Å². The van der Waals surface area contributed by atoms with Crippen LogP contribution in [-0.2, 0) is 6.18 Å². The Balaban J connectivity index is 3.09. The fourth-order valence-corrected chi connectivity index (χ4v) is 1.48. The molecule has 0 saturated heterocycles. The van der Waals surface area contributed by atoms with Gasteiger partial charge >= 0.3 is 6.18 Å². The van der Waals surface area contributed by atoms with Crippen LogP contribution in [0.1, 0.15) is 23.6 Å². The Labute approximate surface area is 97.0 Å². The van der Waals surface area contributed by atoms with Crippen LogP contribution < -0.4 is 10.5 Å². The molecule has 1 atom stereocenters. The number of aliphatic hydroxyl groups excluding tert-OH is 1. The second-order valence-corrected chi connectivity index (χ2v) is 3.58. The maximum atomic E-state index is 12.6. The summed E-state index contributed by atoms with van der Waals surface area (Å²) in [7, 11) is 1.17. The van der Waals surface area contributed by atoms with Crippen LogP contribution in [0.3, 0.4) is 0 Å². The number of alkyl halides is 3. The van der Waals surface area contributed by atoms with Gasteiger partial charge in [-0.2, -0.15) is 13.2 Å². The summed E-state index contributed by atoms with van der Waals surface area (Å²) in [5.41, 5.74) is 5.36. The Bertz CT molecular complexity index is 379. The molecule has 1 aromatic carbocycles. The average Bonchev–Trinajstić information content (AvgIpc) is 2.27. The predicted molar refractivity (Wildman–Crippen MR) is 56.6 cm³/mol. The van der Waals surface area contributed by atoms with Crippen molar-refractivity contribution in [3.8, 4) is 5.75 Å². The third kappa shape index (κ3) is 3.34. The number of methoxy groups -OCH3 is 1. The highest BCUT2D eigenvalue weighted by atomic mass is 19.4. The number of ether oxygens (including phenoxy) is 1. The number of rotatable bonds is 4. The smallest absolute Gasteiger partial charge is 0.419 e. The van der Waals surface area contributed by atoms with Gasteiger partial charge in [-0.25, -0.2) is 0 Å². The van der Waals surface area contributed by atoms with Gasteiger partial charge in [-0.3, -0.25) is 0 Å². The summed E-state index contributed by atoms with van der Waals surface area (Å²) in [5.74, 6) is -0.261. The van der Waals surface area contributed by atoms with E-state index in [1.165, 1.54) is 19.2 Å². The molecule has 0 fully saturated rings. The zero-order chi connectivity index (χ0) is 13.1. The monoisotopic (exact) mass is 249 g/mol. The molecule has 0 aliphatic rings. The molecule has 3 N–H and O–H groups in total. The lowest BCUT2D eigenvalue weighted by atomic mass is 10.0. The van der Waals surface area contributed by atoms with E-state index in [1.807, 2.05) is 0 Å². The standard InChI is InChI=1S/C11H14F3NO2/c1-17-10-6-7(9(15)4-5-16)2-3-8(10)11(12,13)14/h2-3,6,9,16H,4-5,15H2,1H3. The first-order valence-electron chi connectivity index (χ1n) is 5.01. The van der Waals surface area contributed by atoms with Gasteiger partial charge in [0.2, 0.25) is 0 Å². The molecule has 17 heavy (non-hydrogen) atoms. The van der Waals surface area contributed by atoms with Crippen LogP contribution in [-0.4, -0.2) is 18.8 Å². The van der Waals surface area contributed by atoms with Crippen LogP contribution in [0, 0.1) is 0 Å². The van der Waals surface area contributed by atoms with Crippen molar-refractivity contribution in [3.63, 3.8) is 0 Å². The number of hydrogen-bond donors (Lipinski definition) is 2. The average molecular weight is 249 g/mol. The molecular weight excluding hydrogens is 235 g/mol. The van der Waals surface area contributed by atoms with Gasteiger partial charge < -0.3 is 15.6 Å². The van der Waals surface area contributed by atoms with Crippen LogP contribution in [0.2, 0.25) is 0 Å². The maximum absolute atomic E-state index is 12.6. The van der Waals surface area contributed by atoms with Gasteiger partial charge in [0, 0.05) is 12.6 Å². The molecule has 0 aliphatic carbocycles. The molecule has 1 aromatic rings. The quantitative estimate of drug-likeness (QED) is 0.859. The van der Waals surface area contributed by atoms with E-state index in [-0.39, 0.29) is 18.8 Å². The third-order valence-corrected chi connectivity index (χ3v) is 2.40. The third-order valence-electron chi connectivity index (χ3n) is 2.40. The SMILES string of the molecule is COc1cc(C(N)CCO)ccc1C(F)(F)F. The van der Waals surface area contributed by atoms with Crippen molar-refractivity contribution in [2.75, 3.05) is 13.7 Å². The van der Waals surface area contributed by atoms with Crippen LogP contribution in [0.5, 0.6) is 5.75 Å². The number of hydrogen-bond acceptors (Lipinski definition) is 3. The van der Waals surface area contributed by atoms with E-state index in [0.29, 0.717) is 5.56 Å². The van der Waals surface area contributed by atoms with Crippen molar-refractivity contribution in [2.24, 2.45) is 5.73 Å². The van der Waals surface area contributed by atoms with Crippen LogP contribution in [0.25, 0.3) is 0 Å². The second kappa shape index (κ2) is 5.37. The van der Waals surface area contributed by atoms with Crippen molar-refractivity contribution >= 4 is 0 Å². The molecule has 1 rings (SSSR count). The van der Waals surface area contributed by atoms with E-state index in [4.69, 9.17) is 15.6 Å². The van der Waals surface area contributed by atoms with E-state index < -0.39 is 17.8 Å². The molecule has 0 aliphatic heterocycles. The van der Waals surface area contributed by atoms with E-state index in [1.54, 1.807) is 0 Å². The van der Waals surface area contributed by atoms with E-state index in [2.05, 4.69) is 0 Å². The summed E-state index contributed by atoms with van der Waals surface area (Å²) in [5, 5.41) is 8.72. The summed E-state index contributed by atoms with van der Waals surface area (Å²) in [4.78, 5) is 0. The summed E-state index contributed by atoms with van der Waals surface area (Å²) >= 11 is 0. The van der Waals surface area contributed by atoms with Gasteiger partial charge in [-0.05, 0) is 24.1 Å². The highest BCUT2D eigenvalue weighted by Crippen LogP contribution is 2.37. The molecule has 1 unspecified atom stereocenters. The summed E-state index contributed by atoms with van der Waals surface area (Å²) in [6.07, 6.45) is -4.17. The first-order chi connectivity index (χ1) is 7.90. The van der Waals surface area contributed by atoms with Crippen LogP contribution in [0.15, 0.2) is 18.2 Å². The zero-order valence-electron chi connectivity index (χ0n) is 9.29. The van der Waals surface area contributed by atoms with Gasteiger partial charge in [-0.1, -0.05) is 6.07 Å². The van der Waals surface area contributed by atoms with Crippen molar-refractivity contribution in [2.45, 2.75) is 18.6 Å². The first kappa shape index (κ1) is 13.8. The Kier molecular flexibility index (Phi) is 4.36. The van der Waals surface area contributed by atoms with E-state index >= 15 is 0 Å². The lowest BCUT2D eigenvalue weighted by Crippen LogP contribution is -2.14. The van der Waals surface area contributed by atoms with Gasteiger partial charge in [0.1, 0.15) is 5.75 Å². The van der Waals surface area contributed by atoms with Crippen molar-refractivity contribution in [1.82, 2.24) is 0 Å². The molecule has 6 heteroatoms. The molecule has 0 saturated carbocycles. The summed E-state index contributed by atoms with van der Waals surface area (Å²) in [6.45, 7) is -0.121. The molecule has 0 aromatic heterocycles. The van der Waals surface area contributed by atoms with Crippen LogP contribution in [0.4, 0.5) is 13.2 Å². The largest absolute Gasteiger partial charge is 0.496 e. The predicted octanol–water partition coefficient (Wildman–Crippen LogP) is 2.10. The Hall–Kier alpha value is -1.27. The minimum atomic E-state index is -4.45. The van der Waals surface area contributed by atoms with Gasteiger partial charge in [0.15, 0.2) is 0 Å². The minimum absolute atomic E-state index is 0.121. The Morgan fingerprint density at radius 1 is 1.41 bits per heavy atom. The second-order valence-electron chi connectivity index (χ2n) is 3.58. The highest BCUT2D eigenvalue weighted by Gasteiger charge is 2.34. The number of aliphatic hydroxyl groups is 1. The lowest BCUT2D eigenvalue weighted by Gasteiger charge is -2.16. The molecule has 0 bridgehead atoms. The topological polar surface area (TPSA) is 55.5 Å². The fourth-order valence-electron chi connectivity index (χ4n) is 1.48. The highest BCUT2D eigenvalue weighted by molar-refractivity contribution is 5.40. The molecule has 0 amide bonds. The van der Waals surface area contributed by atoms with Crippen molar-refractivity contribution < 1.29 is 23.0 Å². The summed E-state index contributed by atoms with van der Waals surface area (Å²) < 4.78 is 42.4. The van der Waals surface area contributed by atoms with Crippen molar-refractivity contribution in [1.29, 1.82) is 0 Å². The molecule has 96 valence electrons. The maximum Gasteiger partial charge on any atom is 0.419 e. The first-order valence-corrected chi connectivity index (χ1v) is 5.01.